The van der Waals surface area contributed by atoms with E-state index in [2.05, 4.69) is 5.32 Å². The fraction of sp³-hybridized carbons (Fsp3) is 0.357. The van der Waals surface area contributed by atoms with Crippen LogP contribution >= 0.6 is 0 Å². The predicted molar refractivity (Wildman–Crippen MR) is 76.2 cm³/mol. The van der Waals surface area contributed by atoms with Gasteiger partial charge in [0.15, 0.2) is 0 Å². The Morgan fingerprint density at radius 2 is 1.86 bits per heavy atom. The monoisotopic (exact) mass is 296 g/mol. The van der Waals surface area contributed by atoms with Crippen LogP contribution in [-0.4, -0.2) is 36.0 Å². The summed E-state index contributed by atoms with van der Waals surface area (Å²) in [6, 6.07) is 9.37. The van der Waals surface area contributed by atoms with Crippen LogP contribution in [-0.2, 0) is 25.7 Å². The van der Waals surface area contributed by atoms with E-state index in [0.717, 1.165) is 5.56 Å². The number of nitrogens with two attached hydrogens (primary N) is 1. The molecule has 21 heavy (non-hydrogen) atoms. The van der Waals surface area contributed by atoms with Crippen LogP contribution in [0.25, 0.3) is 0 Å². The number of rotatable bonds is 6. The summed E-state index contributed by atoms with van der Waals surface area (Å²) < 4.78 is 4.92. The normalized spacial score (nSPS) is 9.05. The van der Waals surface area contributed by atoms with E-state index in [4.69, 9.17) is 15.6 Å². The first-order chi connectivity index (χ1) is 9.95. The zero-order chi connectivity index (χ0) is 16.1. The van der Waals surface area contributed by atoms with Gasteiger partial charge in [0.1, 0.15) is 13.2 Å². The lowest BCUT2D eigenvalue weighted by Gasteiger charge is -2.04. The van der Waals surface area contributed by atoms with Gasteiger partial charge in [-0.15, -0.1) is 0 Å². The molecule has 0 saturated carbocycles. The maximum absolute atomic E-state index is 11.1. The summed E-state index contributed by atoms with van der Waals surface area (Å²) >= 11 is 0. The molecule has 116 valence electrons. The van der Waals surface area contributed by atoms with Crippen LogP contribution in [0.3, 0.4) is 0 Å². The van der Waals surface area contributed by atoms with Gasteiger partial charge in [0.25, 0.3) is 0 Å². The highest BCUT2D eigenvalue weighted by Gasteiger charge is 2.03. The standard InChI is InChI=1S/C11H13NO3.C3H7NO2/c1-9(13)12-7-11(14)15-8-10-5-3-2-4-6-10;4-2-1-3(5)6/h2-6H,7-8H2,1H3,(H,12,13);1-2,4H2,(H,5,6). The number of benzene rings is 1. The predicted octanol–water partition coefficient (Wildman–Crippen LogP) is 0.286. The summed E-state index contributed by atoms with van der Waals surface area (Å²) in [4.78, 5) is 31.1. The van der Waals surface area contributed by atoms with Crippen molar-refractivity contribution in [3.8, 4) is 0 Å². The molecule has 7 heteroatoms. The molecule has 0 unspecified atom stereocenters. The van der Waals surface area contributed by atoms with E-state index in [-0.39, 0.29) is 32.0 Å². The zero-order valence-electron chi connectivity index (χ0n) is 11.9. The summed E-state index contributed by atoms with van der Waals surface area (Å²) in [6.45, 7) is 1.74. The van der Waals surface area contributed by atoms with E-state index < -0.39 is 11.9 Å². The third-order valence-electron chi connectivity index (χ3n) is 2.08. The molecular formula is C14H20N2O5. The Balaban J connectivity index is 0.000000567. The molecule has 0 aromatic heterocycles. The molecule has 0 spiro atoms. The van der Waals surface area contributed by atoms with Crippen LogP contribution in [0.5, 0.6) is 0 Å². The smallest absolute Gasteiger partial charge is 0.325 e. The van der Waals surface area contributed by atoms with Crippen LogP contribution in [0.2, 0.25) is 0 Å². The summed E-state index contributed by atoms with van der Waals surface area (Å²) in [5.74, 6) is -1.52. The number of aliphatic carboxylic acids is 1. The maximum Gasteiger partial charge on any atom is 0.325 e. The molecule has 0 radical (unpaired) electrons. The van der Waals surface area contributed by atoms with Gasteiger partial charge in [0.2, 0.25) is 5.91 Å². The van der Waals surface area contributed by atoms with Gasteiger partial charge >= 0.3 is 11.9 Å². The number of amides is 1. The van der Waals surface area contributed by atoms with E-state index in [9.17, 15) is 14.4 Å². The van der Waals surface area contributed by atoms with E-state index >= 15 is 0 Å². The maximum atomic E-state index is 11.1. The number of esters is 1. The molecule has 4 N–H and O–H groups in total. The van der Waals surface area contributed by atoms with E-state index in [1.54, 1.807) is 0 Å². The van der Waals surface area contributed by atoms with Crippen LogP contribution in [0.15, 0.2) is 30.3 Å². The molecule has 0 saturated heterocycles. The largest absolute Gasteiger partial charge is 0.481 e. The number of carbonyl (C=O) groups is 3. The van der Waals surface area contributed by atoms with Crippen molar-refractivity contribution in [1.29, 1.82) is 0 Å². The first-order valence-corrected chi connectivity index (χ1v) is 6.31. The van der Waals surface area contributed by atoms with Crippen LogP contribution < -0.4 is 11.1 Å². The SMILES string of the molecule is CC(=O)NCC(=O)OCc1ccccc1.NCCC(=O)O. The van der Waals surface area contributed by atoms with E-state index in [0.29, 0.717) is 0 Å². The molecule has 0 aliphatic heterocycles. The molecule has 0 aliphatic carbocycles. The Morgan fingerprint density at radius 1 is 1.24 bits per heavy atom. The molecule has 7 nitrogen and oxygen atoms in total. The van der Waals surface area contributed by atoms with Gasteiger partial charge in [-0.1, -0.05) is 30.3 Å². The topological polar surface area (TPSA) is 119 Å². The van der Waals surface area contributed by atoms with Crippen molar-refractivity contribution in [2.75, 3.05) is 13.1 Å². The van der Waals surface area contributed by atoms with Crippen LogP contribution in [0, 0.1) is 0 Å². The third kappa shape index (κ3) is 12.4. The highest BCUT2D eigenvalue weighted by molar-refractivity contribution is 5.80. The van der Waals surface area contributed by atoms with Gasteiger partial charge < -0.3 is 20.9 Å². The number of carbonyl (C=O) groups excluding carboxylic acids is 2. The molecule has 1 aromatic rings. The molecule has 1 amide bonds. The minimum absolute atomic E-state index is 0.0694. The number of hydrogen-bond acceptors (Lipinski definition) is 5. The average Bonchev–Trinajstić information content (AvgIpc) is 2.44. The number of nitrogens with one attached hydrogen (secondary N) is 1. The lowest BCUT2D eigenvalue weighted by atomic mass is 10.2. The Bertz CT molecular complexity index is 448. The van der Waals surface area contributed by atoms with Gasteiger partial charge in [-0.05, 0) is 5.56 Å². The zero-order valence-corrected chi connectivity index (χ0v) is 11.9. The summed E-state index contributed by atoms with van der Waals surface area (Å²) in [5, 5.41) is 10.2. The van der Waals surface area contributed by atoms with Gasteiger partial charge in [-0.2, -0.15) is 0 Å². The molecule has 0 atom stereocenters. The minimum Gasteiger partial charge on any atom is -0.481 e. The van der Waals surface area contributed by atoms with Crippen LogP contribution in [0.4, 0.5) is 0 Å². The van der Waals surface area contributed by atoms with Crippen molar-refractivity contribution in [3.05, 3.63) is 35.9 Å². The lowest BCUT2D eigenvalue weighted by Crippen LogP contribution is -2.28. The van der Waals surface area contributed by atoms with Crippen LogP contribution in [0.1, 0.15) is 18.9 Å². The first-order valence-electron chi connectivity index (χ1n) is 6.31. The fourth-order valence-electron chi connectivity index (χ4n) is 1.11. The second kappa shape index (κ2) is 11.4. The number of hydrogen-bond donors (Lipinski definition) is 3. The Labute approximate surface area is 123 Å². The molecule has 0 aliphatic rings. The van der Waals surface area contributed by atoms with E-state index in [1.807, 2.05) is 30.3 Å². The minimum atomic E-state index is -0.836. The Kier molecular flexibility index (Phi) is 10.1. The van der Waals surface area contributed by atoms with Crippen molar-refractivity contribution < 1.29 is 24.2 Å². The van der Waals surface area contributed by atoms with Gasteiger partial charge in [-0.25, -0.2) is 0 Å². The van der Waals surface area contributed by atoms with Crippen molar-refractivity contribution >= 4 is 17.8 Å². The summed E-state index contributed by atoms with van der Waals surface area (Å²) in [6.07, 6.45) is 0.0694. The highest BCUT2D eigenvalue weighted by atomic mass is 16.5. The molecule has 0 bridgehead atoms. The van der Waals surface area contributed by atoms with Crippen molar-refractivity contribution in [1.82, 2.24) is 5.32 Å². The van der Waals surface area contributed by atoms with Crippen molar-refractivity contribution in [3.63, 3.8) is 0 Å². The summed E-state index contributed by atoms with van der Waals surface area (Å²) in [7, 11) is 0. The number of carboxylic acids is 1. The first kappa shape index (κ1) is 18.6. The molecule has 0 heterocycles. The molecular weight excluding hydrogens is 276 g/mol. The van der Waals surface area contributed by atoms with Gasteiger partial charge in [-0.3, -0.25) is 14.4 Å². The van der Waals surface area contributed by atoms with E-state index in [1.165, 1.54) is 6.92 Å². The fourth-order valence-corrected chi connectivity index (χ4v) is 1.11. The second-order valence-corrected chi connectivity index (χ2v) is 3.99. The van der Waals surface area contributed by atoms with Gasteiger partial charge in [0, 0.05) is 13.5 Å². The van der Waals surface area contributed by atoms with Gasteiger partial charge in [0.05, 0.1) is 6.42 Å². The Morgan fingerprint density at radius 3 is 2.29 bits per heavy atom. The quantitative estimate of drug-likeness (QED) is 0.649. The second-order valence-electron chi connectivity index (χ2n) is 3.99. The number of carboxylic acid groups (broad SMARTS) is 1. The molecule has 0 fully saturated rings. The number of ether oxygens (including phenoxy) is 1. The molecule has 1 rings (SSSR count). The highest BCUT2D eigenvalue weighted by Crippen LogP contribution is 2.00. The summed E-state index contributed by atoms with van der Waals surface area (Å²) in [5.41, 5.74) is 5.77. The Hall–Kier alpha value is -2.41. The van der Waals surface area contributed by atoms with Crippen molar-refractivity contribution in [2.24, 2.45) is 5.73 Å². The third-order valence-corrected chi connectivity index (χ3v) is 2.08. The average molecular weight is 296 g/mol. The lowest BCUT2D eigenvalue weighted by molar-refractivity contribution is -0.145. The molecule has 1 aromatic carbocycles. The van der Waals surface area contributed by atoms with Crippen molar-refractivity contribution in [2.45, 2.75) is 20.0 Å².